The molecular weight excluding hydrogens is 274 g/mol. The van der Waals surface area contributed by atoms with Gasteiger partial charge in [-0.3, -0.25) is 14.6 Å². The number of carboxylic acid groups (broad SMARTS) is 1. The number of hydrogen-bond acceptors (Lipinski definition) is 6. The fraction of sp³-hybridized carbons (Fsp3) is 0.167. The molecule has 3 rings (SSSR count). The standard InChI is InChI=1S/C12H11N7O2/c1-18-6-8(4-15-18)11-10(12(20)21)16-17-19(11)7-9-5-13-2-3-14-9/h2-6H,7H2,1H3,(H,20,21). The molecule has 106 valence electrons. The van der Waals surface area contributed by atoms with Crippen LogP contribution in [0, 0.1) is 0 Å². The highest BCUT2D eigenvalue weighted by molar-refractivity contribution is 5.92. The zero-order valence-electron chi connectivity index (χ0n) is 11.1. The maximum absolute atomic E-state index is 11.3. The van der Waals surface area contributed by atoms with Crippen molar-refractivity contribution in [2.24, 2.45) is 7.05 Å². The quantitative estimate of drug-likeness (QED) is 0.729. The van der Waals surface area contributed by atoms with Crippen molar-refractivity contribution in [2.45, 2.75) is 6.54 Å². The van der Waals surface area contributed by atoms with Gasteiger partial charge in [-0.05, 0) is 0 Å². The molecule has 0 aliphatic heterocycles. The number of carbonyl (C=O) groups is 1. The van der Waals surface area contributed by atoms with Gasteiger partial charge in [0.1, 0.15) is 5.69 Å². The first-order valence-corrected chi connectivity index (χ1v) is 6.06. The predicted octanol–water partition coefficient (Wildman–Crippen LogP) is 0.215. The molecule has 1 N–H and O–H groups in total. The number of aromatic nitrogens is 7. The molecule has 9 heteroatoms. The van der Waals surface area contributed by atoms with Crippen LogP contribution in [0.1, 0.15) is 16.2 Å². The average molecular weight is 285 g/mol. The van der Waals surface area contributed by atoms with Crippen molar-refractivity contribution in [1.82, 2.24) is 34.7 Å². The van der Waals surface area contributed by atoms with E-state index in [1.54, 1.807) is 42.7 Å². The Morgan fingerprint density at radius 2 is 2.19 bits per heavy atom. The highest BCUT2D eigenvalue weighted by atomic mass is 16.4. The second-order valence-corrected chi connectivity index (χ2v) is 4.35. The minimum atomic E-state index is -1.14. The van der Waals surface area contributed by atoms with Crippen molar-refractivity contribution in [2.75, 3.05) is 0 Å². The number of rotatable bonds is 4. The van der Waals surface area contributed by atoms with E-state index in [9.17, 15) is 9.90 Å². The zero-order chi connectivity index (χ0) is 14.8. The Hall–Kier alpha value is -3.10. The molecule has 0 atom stereocenters. The number of carboxylic acids is 1. The van der Waals surface area contributed by atoms with Crippen LogP contribution >= 0.6 is 0 Å². The molecule has 9 nitrogen and oxygen atoms in total. The summed E-state index contributed by atoms with van der Waals surface area (Å²) in [6, 6.07) is 0. The van der Waals surface area contributed by atoms with E-state index < -0.39 is 5.97 Å². The number of aromatic carboxylic acids is 1. The Labute approximate surface area is 118 Å². The van der Waals surface area contributed by atoms with Gasteiger partial charge in [-0.25, -0.2) is 9.48 Å². The number of aryl methyl sites for hydroxylation is 1. The molecule has 0 aromatic carbocycles. The van der Waals surface area contributed by atoms with Gasteiger partial charge in [0.05, 0.1) is 24.6 Å². The van der Waals surface area contributed by atoms with E-state index in [0.717, 1.165) is 0 Å². The van der Waals surface area contributed by atoms with E-state index >= 15 is 0 Å². The lowest BCUT2D eigenvalue weighted by Gasteiger charge is -2.04. The molecule has 0 unspecified atom stereocenters. The van der Waals surface area contributed by atoms with Crippen molar-refractivity contribution >= 4 is 5.97 Å². The first kappa shape index (κ1) is 12.9. The van der Waals surface area contributed by atoms with E-state index in [2.05, 4.69) is 25.4 Å². The van der Waals surface area contributed by atoms with Gasteiger partial charge in [0.25, 0.3) is 0 Å². The highest BCUT2D eigenvalue weighted by Gasteiger charge is 2.21. The minimum Gasteiger partial charge on any atom is -0.476 e. The summed E-state index contributed by atoms with van der Waals surface area (Å²) in [5, 5.41) is 20.9. The van der Waals surface area contributed by atoms with Crippen LogP contribution in [0.4, 0.5) is 0 Å². The van der Waals surface area contributed by atoms with Crippen molar-refractivity contribution in [3.63, 3.8) is 0 Å². The first-order valence-electron chi connectivity index (χ1n) is 6.06. The fourth-order valence-electron chi connectivity index (χ4n) is 1.96. The molecule has 0 radical (unpaired) electrons. The second kappa shape index (κ2) is 5.12. The molecule has 21 heavy (non-hydrogen) atoms. The van der Waals surface area contributed by atoms with Crippen LogP contribution < -0.4 is 0 Å². The molecule has 0 aliphatic carbocycles. The van der Waals surface area contributed by atoms with Crippen LogP contribution in [0.3, 0.4) is 0 Å². The van der Waals surface area contributed by atoms with Gasteiger partial charge in [0.15, 0.2) is 5.69 Å². The molecular formula is C12H11N7O2. The van der Waals surface area contributed by atoms with Crippen molar-refractivity contribution in [3.8, 4) is 11.3 Å². The minimum absolute atomic E-state index is 0.119. The molecule has 0 bridgehead atoms. The lowest BCUT2D eigenvalue weighted by molar-refractivity contribution is 0.0691. The highest BCUT2D eigenvalue weighted by Crippen LogP contribution is 2.22. The Balaban J connectivity index is 2.07. The summed E-state index contributed by atoms with van der Waals surface area (Å²) in [6.07, 6.45) is 8.00. The normalized spacial score (nSPS) is 10.7. The largest absolute Gasteiger partial charge is 0.476 e. The van der Waals surface area contributed by atoms with Crippen LogP contribution in [0.15, 0.2) is 31.0 Å². The van der Waals surface area contributed by atoms with E-state index in [1.165, 1.54) is 4.68 Å². The summed E-state index contributed by atoms with van der Waals surface area (Å²) in [7, 11) is 1.75. The van der Waals surface area contributed by atoms with Crippen LogP contribution in [-0.4, -0.2) is 45.8 Å². The lowest BCUT2D eigenvalue weighted by atomic mass is 10.2. The van der Waals surface area contributed by atoms with Crippen molar-refractivity contribution in [3.05, 3.63) is 42.4 Å². The molecule has 0 amide bonds. The van der Waals surface area contributed by atoms with Gasteiger partial charge in [-0.2, -0.15) is 5.10 Å². The number of hydrogen-bond donors (Lipinski definition) is 1. The van der Waals surface area contributed by atoms with E-state index in [4.69, 9.17) is 0 Å². The van der Waals surface area contributed by atoms with Gasteiger partial charge >= 0.3 is 5.97 Å². The van der Waals surface area contributed by atoms with Gasteiger partial charge in [0.2, 0.25) is 0 Å². The smallest absolute Gasteiger partial charge is 0.358 e. The first-order chi connectivity index (χ1) is 10.1. The van der Waals surface area contributed by atoms with Crippen molar-refractivity contribution in [1.29, 1.82) is 0 Å². The Morgan fingerprint density at radius 3 is 2.81 bits per heavy atom. The molecule has 3 aromatic rings. The van der Waals surface area contributed by atoms with Crippen LogP contribution in [-0.2, 0) is 13.6 Å². The molecule has 0 saturated carbocycles. The summed E-state index contributed by atoms with van der Waals surface area (Å²) in [5.74, 6) is -1.14. The molecule has 3 aromatic heterocycles. The SMILES string of the molecule is Cn1cc(-c2c(C(=O)O)nnn2Cc2cnccn2)cn1. The summed E-state index contributed by atoms with van der Waals surface area (Å²) < 4.78 is 3.06. The van der Waals surface area contributed by atoms with E-state index in [0.29, 0.717) is 17.0 Å². The summed E-state index contributed by atoms with van der Waals surface area (Å²) >= 11 is 0. The topological polar surface area (TPSA) is 112 Å². The number of nitrogens with zero attached hydrogens (tertiary/aromatic N) is 7. The van der Waals surface area contributed by atoms with Crippen LogP contribution in [0.2, 0.25) is 0 Å². The Bertz CT molecular complexity index is 778. The molecule has 3 heterocycles. The van der Waals surface area contributed by atoms with Crippen LogP contribution in [0.25, 0.3) is 11.3 Å². The Kier molecular flexibility index (Phi) is 3.14. The molecule has 0 aliphatic rings. The van der Waals surface area contributed by atoms with Crippen LogP contribution in [0.5, 0.6) is 0 Å². The fourth-order valence-corrected chi connectivity index (χ4v) is 1.96. The maximum atomic E-state index is 11.3. The molecule has 0 fully saturated rings. The third-order valence-corrected chi connectivity index (χ3v) is 2.84. The molecule has 0 spiro atoms. The van der Waals surface area contributed by atoms with Crippen molar-refractivity contribution < 1.29 is 9.90 Å². The summed E-state index contributed by atoms with van der Waals surface area (Å²) in [4.78, 5) is 19.4. The summed E-state index contributed by atoms with van der Waals surface area (Å²) in [5.41, 5.74) is 1.56. The monoisotopic (exact) mass is 285 g/mol. The Morgan fingerprint density at radius 1 is 1.33 bits per heavy atom. The maximum Gasteiger partial charge on any atom is 0.358 e. The summed E-state index contributed by atoms with van der Waals surface area (Å²) in [6.45, 7) is 0.276. The van der Waals surface area contributed by atoms with Gasteiger partial charge in [-0.1, -0.05) is 5.21 Å². The zero-order valence-corrected chi connectivity index (χ0v) is 11.1. The third kappa shape index (κ3) is 2.48. The van der Waals surface area contributed by atoms with E-state index in [-0.39, 0.29) is 12.2 Å². The molecule has 0 saturated heterocycles. The van der Waals surface area contributed by atoms with Gasteiger partial charge in [0, 0.05) is 31.2 Å². The van der Waals surface area contributed by atoms with Gasteiger partial charge in [-0.15, -0.1) is 5.10 Å². The second-order valence-electron chi connectivity index (χ2n) is 4.35. The third-order valence-electron chi connectivity index (χ3n) is 2.84. The van der Waals surface area contributed by atoms with Gasteiger partial charge < -0.3 is 5.11 Å². The average Bonchev–Trinajstić information content (AvgIpc) is 3.06. The lowest BCUT2D eigenvalue weighted by Crippen LogP contribution is -2.07. The van der Waals surface area contributed by atoms with E-state index in [1.807, 2.05) is 0 Å². The predicted molar refractivity (Wildman–Crippen MR) is 70.3 cm³/mol.